The summed E-state index contributed by atoms with van der Waals surface area (Å²) in [5.41, 5.74) is 0.473. The zero-order chi connectivity index (χ0) is 22.1. The first kappa shape index (κ1) is 22.0. The first-order valence-corrected chi connectivity index (χ1v) is 10.4. The number of benzene rings is 2. The number of anilines is 1. The number of hydrogen-bond donors (Lipinski definition) is 0. The van der Waals surface area contributed by atoms with Crippen molar-refractivity contribution in [2.75, 3.05) is 10.8 Å². The molecule has 0 radical (unpaired) electrons. The smallest absolute Gasteiger partial charge is 0.419 e. The third-order valence-corrected chi connectivity index (χ3v) is 5.45. The molecule has 0 saturated carbocycles. The molecule has 2 aromatic rings. The third-order valence-electron chi connectivity index (χ3n) is 4.17. The van der Waals surface area contributed by atoms with Crippen LogP contribution in [-0.4, -0.2) is 28.5 Å². The molecular formula is C22H20ClFN2O3S. The van der Waals surface area contributed by atoms with Gasteiger partial charge in [-0.2, -0.15) is 0 Å². The van der Waals surface area contributed by atoms with Crippen molar-refractivity contribution in [1.29, 1.82) is 0 Å². The largest absolute Gasteiger partial charge is 0.443 e. The maximum Gasteiger partial charge on any atom is 0.419 e. The van der Waals surface area contributed by atoms with Gasteiger partial charge in [0.1, 0.15) is 11.4 Å². The maximum atomic E-state index is 14.3. The van der Waals surface area contributed by atoms with E-state index in [2.05, 4.69) is 5.92 Å². The average molecular weight is 447 g/mol. The molecule has 0 spiro atoms. The van der Waals surface area contributed by atoms with Crippen LogP contribution in [0.5, 0.6) is 0 Å². The number of halogens is 2. The molecule has 0 aromatic heterocycles. The minimum Gasteiger partial charge on any atom is -0.443 e. The van der Waals surface area contributed by atoms with Crippen LogP contribution in [0.3, 0.4) is 0 Å². The van der Waals surface area contributed by atoms with Crippen LogP contribution in [0.15, 0.2) is 41.3 Å². The van der Waals surface area contributed by atoms with Crippen LogP contribution < -0.4 is 4.90 Å². The van der Waals surface area contributed by atoms with Gasteiger partial charge in [-0.05, 0) is 50.6 Å². The number of ether oxygens (including phenoxy) is 1. The number of imide groups is 1. The standard InChI is InChI=1S/C22H20ClFN2O3S/c1-5-15-10-18-19(11-17(15)24)30-13-26(21(28)29-22(2,3)4)20(27)25(18)12-14-6-8-16(23)9-7-14/h1,6-11H,12-13H2,2-4H3. The van der Waals surface area contributed by atoms with Gasteiger partial charge in [0.2, 0.25) is 0 Å². The number of carbonyl (C=O) groups is 2. The molecule has 156 valence electrons. The molecule has 3 rings (SSSR count). The Kier molecular flexibility index (Phi) is 6.30. The summed E-state index contributed by atoms with van der Waals surface area (Å²) in [6, 6.07) is 9.11. The van der Waals surface area contributed by atoms with Crippen LogP contribution in [-0.2, 0) is 11.3 Å². The number of terminal acetylenes is 1. The van der Waals surface area contributed by atoms with E-state index in [0.717, 1.165) is 22.2 Å². The predicted octanol–water partition coefficient (Wildman–Crippen LogP) is 5.89. The summed E-state index contributed by atoms with van der Waals surface area (Å²) < 4.78 is 19.7. The number of rotatable bonds is 2. The summed E-state index contributed by atoms with van der Waals surface area (Å²) in [7, 11) is 0. The van der Waals surface area contributed by atoms with Crippen LogP contribution in [0, 0.1) is 18.2 Å². The molecule has 8 heteroatoms. The Morgan fingerprint density at radius 2 is 1.97 bits per heavy atom. The van der Waals surface area contributed by atoms with E-state index in [9.17, 15) is 14.0 Å². The molecule has 3 amide bonds. The van der Waals surface area contributed by atoms with E-state index in [1.165, 1.54) is 17.0 Å². The van der Waals surface area contributed by atoms with Crippen molar-refractivity contribution in [2.24, 2.45) is 0 Å². The highest BCUT2D eigenvalue weighted by atomic mass is 35.5. The Morgan fingerprint density at radius 1 is 1.30 bits per heavy atom. The van der Waals surface area contributed by atoms with Crippen molar-refractivity contribution < 1.29 is 18.7 Å². The van der Waals surface area contributed by atoms with Crippen molar-refractivity contribution >= 4 is 41.2 Å². The van der Waals surface area contributed by atoms with E-state index in [0.29, 0.717) is 15.6 Å². The molecule has 0 bridgehead atoms. The van der Waals surface area contributed by atoms with Crippen molar-refractivity contribution in [2.45, 2.75) is 37.8 Å². The lowest BCUT2D eigenvalue weighted by atomic mass is 10.1. The van der Waals surface area contributed by atoms with E-state index >= 15 is 0 Å². The number of thioether (sulfide) groups is 1. The van der Waals surface area contributed by atoms with Crippen LogP contribution in [0.25, 0.3) is 0 Å². The minimum absolute atomic E-state index is 0.0211. The highest BCUT2D eigenvalue weighted by Gasteiger charge is 2.35. The second-order valence-corrected chi connectivity index (χ2v) is 9.04. The Hall–Kier alpha value is -2.69. The highest BCUT2D eigenvalue weighted by molar-refractivity contribution is 7.99. The lowest BCUT2D eigenvalue weighted by molar-refractivity contribution is 0.0356. The van der Waals surface area contributed by atoms with Gasteiger partial charge in [-0.1, -0.05) is 29.7 Å². The summed E-state index contributed by atoms with van der Waals surface area (Å²) >= 11 is 7.12. The van der Waals surface area contributed by atoms with E-state index in [1.54, 1.807) is 45.0 Å². The van der Waals surface area contributed by atoms with Crippen molar-refractivity contribution in [3.05, 3.63) is 58.4 Å². The molecule has 1 aliphatic rings. The molecule has 0 unspecified atom stereocenters. The minimum atomic E-state index is -0.773. The SMILES string of the molecule is C#Cc1cc2c(cc1F)SCN(C(=O)OC(C)(C)C)C(=O)N2Cc1ccc(Cl)cc1. The van der Waals surface area contributed by atoms with Crippen molar-refractivity contribution in [3.63, 3.8) is 0 Å². The summed E-state index contributed by atoms with van der Waals surface area (Å²) in [4.78, 5) is 28.9. The number of amides is 3. The normalized spacial score (nSPS) is 14.1. The molecule has 0 atom stereocenters. The topological polar surface area (TPSA) is 49.9 Å². The van der Waals surface area contributed by atoms with Gasteiger partial charge >= 0.3 is 12.1 Å². The monoisotopic (exact) mass is 446 g/mol. The first-order valence-electron chi connectivity index (χ1n) is 9.08. The lowest BCUT2D eigenvalue weighted by Gasteiger charge is -2.29. The van der Waals surface area contributed by atoms with E-state index in [4.69, 9.17) is 22.8 Å². The Labute approximate surface area is 184 Å². The van der Waals surface area contributed by atoms with Gasteiger partial charge in [0.05, 0.1) is 23.7 Å². The Bertz CT molecular complexity index is 1030. The second kappa shape index (κ2) is 8.58. The number of urea groups is 1. The molecular weight excluding hydrogens is 427 g/mol. The van der Waals surface area contributed by atoms with E-state index in [1.807, 2.05) is 0 Å². The zero-order valence-corrected chi connectivity index (χ0v) is 18.3. The van der Waals surface area contributed by atoms with Gasteiger partial charge in [0.25, 0.3) is 0 Å². The molecule has 30 heavy (non-hydrogen) atoms. The number of carbonyl (C=O) groups excluding carboxylic acids is 2. The van der Waals surface area contributed by atoms with Gasteiger partial charge in [-0.3, -0.25) is 4.90 Å². The zero-order valence-electron chi connectivity index (χ0n) is 16.7. The molecule has 0 fully saturated rings. The van der Waals surface area contributed by atoms with Crippen molar-refractivity contribution in [1.82, 2.24) is 4.90 Å². The molecule has 1 heterocycles. The summed E-state index contributed by atoms with van der Waals surface area (Å²) in [6.45, 7) is 5.29. The van der Waals surface area contributed by atoms with Crippen LogP contribution >= 0.6 is 23.4 Å². The molecule has 0 saturated heterocycles. The van der Waals surface area contributed by atoms with Crippen LogP contribution in [0.4, 0.5) is 19.7 Å². The average Bonchev–Trinajstić information content (AvgIpc) is 2.78. The predicted molar refractivity (Wildman–Crippen MR) is 116 cm³/mol. The lowest BCUT2D eigenvalue weighted by Crippen LogP contribution is -2.47. The highest BCUT2D eigenvalue weighted by Crippen LogP contribution is 2.38. The molecule has 0 N–H and O–H groups in total. The quantitative estimate of drug-likeness (QED) is 0.540. The molecule has 5 nitrogen and oxygen atoms in total. The Balaban J connectivity index is 2.05. The number of fused-ring (bicyclic) bond motifs is 1. The Morgan fingerprint density at radius 3 is 2.57 bits per heavy atom. The molecule has 0 aliphatic carbocycles. The fraction of sp³-hybridized carbons (Fsp3) is 0.273. The van der Waals surface area contributed by atoms with E-state index < -0.39 is 23.5 Å². The van der Waals surface area contributed by atoms with Crippen LogP contribution in [0.2, 0.25) is 5.02 Å². The molecule has 1 aliphatic heterocycles. The maximum absolute atomic E-state index is 14.3. The molecule has 2 aromatic carbocycles. The van der Waals surface area contributed by atoms with Gasteiger partial charge in [0.15, 0.2) is 0 Å². The number of nitrogens with zero attached hydrogens (tertiary/aromatic N) is 2. The first-order chi connectivity index (χ1) is 14.1. The fourth-order valence-electron chi connectivity index (χ4n) is 2.79. The van der Waals surface area contributed by atoms with Gasteiger partial charge in [-0.15, -0.1) is 18.2 Å². The fourth-order valence-corrected chi connectivity index (χ4v) is 3.91. The number of hydrogen-bond acceptors (Lipinski definition) is 4. The summed E-state index contributed by atoms with van der Waals surface area (Å²) in [6.07, 6.45) is 4.65. The summed E-state index contributed by atoms with van der Waals surface area (Å²) in [5.74, 6) is 1.71. The summed E-state index contributed by atoms with van der Waals surface area (Å²) in [5, 5.41) is 0.559. The van der Waals surface area contributed by atoms with Gasteiger partial charge in [0, 0.05) is 9.92 Å². The second-order valence-electron chi connectivity index (χ2n) is 7.62. The van der Waals surface area contributed by atoms with Gasteiger partial charge < -0.3 is 4.74 Å². The third kappa shape index (κ3) is 4.89. The van der Waals surface area contributed by atoms with E-state index in [-0.39, 0.29) is 18.0 Å². The van der Waals surface area contributed by atoms with Gasteiger partial charge in [-0.25, -0.2) is 18.9 Å². The van der Waals surface area contributed by atoms with Crippen molar-refractivity contribution in [3.8, 4) is 12.3 Å². The van der Waals surface area contributed by atoms with Crippen LogP contribution in [0.1, 0.15) is 31.9 Å².